The zero-order valence-electron chi connectivity index (χ0n) is 18.7. The summed E-state index contributed by atoms with van der Waals surface area (Å²) in [6.45, 7) is 4.06. The van der Waals surface area contributed by atoms with Crippen molar-refractivity contribution in [1.29, 1.82) is 0 Å². The molecule has 35 heavy (non-hydrogen) atoms. The van der Waals surface area contributed by atoms with Gasteiger partial charge >= 0.3 is 6.18 Å². The third-order valence-corrected chi connectivity index (χ3v) is 6.44. The number of amides is 1. The van der Waals surface area contributed by atoms with Gasteiger partial charge < -0.3 is 4.42 Å². The second kappa shape index (κ2) is 8.27. The van der Waals surface area contributed by atoms with E-state index in [2.05, 4.69) is 0 Å². The van der Waals surface area contributed by atoms with Crippen LogP contribution in [0, 0.1) is 0 Å². The number of rotatable bonds is 3. The molecule has 5 rings (SSSR count). The number of alkyl halides is 3. The van der Waals surface area contributed by atoms with E-state index in [-0.39, 0.29) is 33.9 Å². The molecule has 1 atom stereocenters. The summed E-state index contributed by atoms with van der Waals surface area (Å²) in [4.78, 5) is 28.4. The second-order valence-electron chi connectivity index (χ2n) is 8.76. The molecule has 1 aliphatic rings. The Morgan fingerprint density at radius 2 is 1.69 bits per heavy atom. The molecule has 1 unspecified atom stereocenters. The minimum absolute atomic E-state index is 0.00986. The van der Waals surface area contributed by atoms with Crippen molar-refractivity contribution in [2.45, 2.75) is 32.0 Å². The zero-order valence-corrected chi connectivity index (χ0v) is 19.4. The molecular weight excluding hydrogens is 479 g/mol. The van der Waals surface area contributed by atoms with E-state index in [4.69, 9.17) is 16.0 Å². The van der Waals surface area contributed by atoms with Crippen molar-refractivity contribution >= 4 is 34.2 Å². The standard InChI is InChI=1S/C27H19ClF3NO3/c1-14(2)15-6-8-16(9-7-15)23-22-24(33)20-13-18(28)10-11-21(20)35-25(22)26(34)32(23)19-5-3-4-17(12-19)27(29,30)31/h3-14,23H,1-2H3. The number of benzene rings is 3. The van der Waals surface area contributed by atoms with E-state index < -0.39 is 29.1 Å². The fraction of sp³-hybridized carbons (Fsp3) is 0.185. The van der Waals surface area contributed by atoms with Gasteiger partial charge in [-0.15, -0.1) is 0 Å². The van der Waals surface area contributed by atoms with E-state index in [1.54, 1.807) is 12.1 Å². The first kappa shape index (κ1) is 23.2. The highest BCUT2D eigenvalue weighted by Crippen LogP contribution is 2.43. The molecule has 2 heterocycles. The van der Waals surface area contributed by atoms with Crippen LogP contribution in [0.4, 0.5) is 18.9 Å². The van der Waals surface area contributed by atoms with Crippen LogP contribution in [0.3, 0.4) is 0 Å². The van der Waals surface area contributed by atoms with Gasteiger partial charge in [-0.3, -0.25) is 14.5 Å². The molecule has 0 bridgehead atoms. The third-order valence-electron chi connectivity index (χ3n) is 6.20. The average molecular weight is 498 g/mol. The number of fused-ring (bicyclic) bond motifs is 2. The topological polar surface area (TPSA) is 50.5 Å². The van der Waals surface area contributed by atoms with Crippen molar-refractivity contribution in [3.8, 4) is 0 Å². The molecule has 4 nitrogen and oxygen atoms in total. The molecule has 8 heteroatoms. The first-order valence-electron chi connectivity index (χ1n) is 10.9. The van der Waals surface area contributed by atoms with Gasteiger partial charge in [-0.1, -0.05) is 55.8 Å². The van der Waals surface area contributed by atoms with Gasteiger partial charge in [0.25, 0.3) is 5.91 Å². The maximum absolute atomic E-state index is 13.6. The fourth-order valence-corrected chi connectivity index (χ4v) is 4.59. The Morgan fingerprint density at radius 3 is 2.34 bits per heavy atom. The molecule has 0 N–H and O–H groups in total. The Hall–Kier alpha value is -3.58. The maximum atomic E-state index is 13.6. The predicted octanol–water partition coefficient (Wildman–Crippen LogP) is 7.34. The van der Waals surface area contributed by atoms with Crippen LogP contribution in [-0.2, 0) is 6.18 Å². The average Bonchev–Trinajstić information content (AvgIpc) is 3.11. The molecule has 1 aromatic heterocycles. The molecule has 1 aliphatic heterocycles. The first-order valence-corrected chi connectivity index (χ1v) is 11.3. The van der Waals surface area contributed by atoms with Gasteiger partial charge in [0.05, 0.1) is 22.6 Å². The summed E-state index contributed by atoms with van der Waals surface area (Å²) in [5.41, 5.74) is 0.517. The Kier molecular flexibility index (Phi) is 5.48. The van der Waals surface area contributed by atoms with Gasteiger partial charge in [-0.2, -0.15) is 13.2 Å². The van der Waals surface area contributed by atoms with Crippen LogP contribution in [0.25, 0.3) is 11.0 Å². The number of carbonyl (C=O) groups is 1. The number of halogens is 4. The molecular formula is C27H19ClF3NO3. The summed E-state index contributed by atoms with van der Waals surface area (Å²) in [6.07, 6.45) is -4.60. The van der Waals surface area contributed by atoms with Gasteiger partial charge in [0.1, 0.15) is 5.58 Å². The molecule has 4 aromatic rings. The van der Waals surface area contributed by atoms with Crippen molar-refractivity contribution in [2.75, 3.05) is 4.90 Å². The SMILES string of the molecule is CC(C)c1ccc(C2c3c(oc4ccc(Cl)cc4c3=O)C(=O)N2c2cccc(C(F)(F)F)c2)cc1. The van der Waals surface area contributed by atoms with Crippen LogP contribution in [0.15, 0.2) is 75.9 Å². The molecule has 0 fully saturated rings. The van der Waals surface area contributed by atoms with Crippen LogP contribution in [0.1, 0.15) is 58.6 Å². The Bertz CT molecular complexity index is 1520. The lowest BCUT2D eigenvalue weighted by atomic mass is 9.95. The monoisotopic (exact) mass is 497 g/mol. The summed E-state index contributed by atoms with van der Waals surface area (Å²) in [7, 11) is 0. The Morgan fingerprint density at radius 1 is 0.971 bits per heavy atom. The van der Waals surface area contributed by atoms with E-state index in [0.717, 1.165) is 17.7 Å². The lowest BCUT2D eigenvalue weighted by Crippen LogP contribution is -2.29. The molecule has 0 radical (unpaired) electrons. The summed E-state index contributed by atoms with van der Waals surface area (Å²) >= 11 is 6.09. The molecule has 0 saturated carbocycles. The lowest BCUT2D eigenvalue weighted by molar-refractivity contribution is -0.137. The largest absolute Gasteiger partial charge is 0.450 e. The minimum atomic E-state index is -4.60. The van der Waals surface area contributed by atoms with Crippen LogP contribution in [0.2, 0.25) is 5.02 Å². The molecule has 1 amide bonds. The number of nitrogens with zero attached hydrogens (tertiary/aromatic N) is 1. The van der Waals surface area contributed by atoms with Gasteiger partial charge in [0, 0.05) is 10.7 Å². The highest BCUT2D eigenvalue weighted by atomic mass is 35.5. The first-order chi connectivity index (χ1) is 16.6. The fourth-order valence-electron chi connectivity index (χ4n) is 4.42. The van der Waals surface area contributed by atoms with Crippen LogP contribution >= 0.6 is 11.6 Å². The molecule has 0 saturated heterocycles. The quantitative estimate of drug-likeness (QED) is 0.297. The molecule has 178 valence electrons. The van der Waals surface area contributed by atoms with Crippen molar-refractivity contribution < 1.29 is 22.4 Å². The Balaban J connectivity index is 1.77. The van der Waals surface area contributed by atoms with Gasteiger partial charge in [0.2, 0.25) is 5.76 Å². The maximum Gasteiger partial charge on any atom is 0.416 e. The molecule has 0 spiro atoms. The van der Waals surface area contributed by atoms with Crippen molar-refractivity contribution in [1.82, 2.24) is 0 Å². The highest BCUT2D eigenvalue weighted by Gasteiger charge is 2.44. The number of hydrogen-bond acceptors (Lipinski definition) is 3. The number of anilines is 1. The van der Waals surface area contributed by atoms with Crippen LogP contribution < -0.4 is 10.3 Å². The van der Waals surface area contributed by atoms with Crippen LogP contribution in [0.5, 0.6) is 0 Å². The van der Waals surface area contributed by atoms with Gasteiger partial charge in [0.15, 0.2) is 5.43 Å². The number of carbonyl (C=O) groups excluding carboxylic acids is 1. The minimum Gasteiger partial charge on any atom is -0.450 e. The summed E-state index contributed by atoms with van der Waals surface area (Å²) < 4.78 is 46.2. The summed E-state index contributed by atoms with van der Waals surface area (Å²) in [5.74, 6) is -0.636. The smallest absolute Gasteiger partial charge is 0.416 e. The van der Waals surface area contributed by atoms with E-state index in [1.165, 1.54) is 35.2 Å². The highest BCUT2D eigenvalue weighted by molar-refractivity contribution is 6.31. The van der Waals surface area contributed by atoms with Crippen LogP contribution in [-0.4, -0.2) is 5.91 Å². The summed E-state index contributed by atoms with van der Waals surface area (Å²) in [5, 5.41) is 0.514. The van der Waals surface area contributed by atoms with Crippen molar-refractivity contribution in [3.05, 3.63) is 110 Å². The van der Waals surface area contributed by atoms with E-state index in [0.29, 0.717) is 10.6 Å². The summed E-state index contributed by atoms with van der Waals surface area (Å²) in [6, 6.07) is 15.3. The normalized spacial score (nSPS) is 15.8. The van der Waals surface area contributed by atoms with Crippen molar-refractivity contribution in [2.24, 2.45) is 0 Å². The Labute approximate surface area is 203 Å². The molecule has 3 aromatic carbocycles. The molecule has 0 aliphatic carbocycles. The van der Waals surface area contributed by atoms with E-state index >= 15 is 0 Å². The van der Waals surface area contributed by atoms with Gasteiger partial charge in [-0.05, 0) is 53.4 Å². The van der Waals surface area contributed by atoms with Gasteiger partial charge in [-0.25, -0.2) is 0 Å². The predicted molar refractivity (Wildman–Crippen MR) is 128 cm³/mol. The number of hydrogen-bond donors (Lipinski definition) is 0. The van der Waals surface area contributed by atoms with E-state index in [1.807, 2.05) is 26.0 Å². The second-order valence-corrected chi connectivity index (χ2v) is 9.20. The third kappa shape index (κ3) is 3.90. The lowest BCUT2D eigenvalue weighted by Gasteiger charge is -2.26. The van der Waals surface area contributed by atoms with E-state index in [9.17, 15) is 22.8 Å². The zero-order chi connectivity index (χ0) is 25.1. The van der Waals surface area contributed by atoms with Crippen molar-refractivity contribution in [3.63, 3.8) is 0 Å².